The fourth-order valence-electron chi connectivity index (χ4n) is 2.53. The van der Waals surface area contributed by atoms with Gasteiger partial charge >= 0.3 is 0 Å². The van der Waals surface area contributed by atoms with Gasteiger partial charge in [0.2, 0.25) is 0 Å². The van der Waals surface area contributed by atoms with Crippen LogP contribution in [0.2, 0.25) is 5.02 Å². The first-order valence-electron chi connectivity index (χ1n) is 6.15. The van der Waals surface area contributed by atoms with E-state index < -0.39 is 0 Å². The number of benzene rings is 1. The minimum absolute atomic E-state index is 0.295. The molecule has 0 amide bonds. The van der Waals surface area contributed by atoms with Gasteiger partial charge in [0.15, 0.2) is 5.17 Å². The van der Waals surface area contributed by atoms with Gasteiger partial charge in [-0.05, 0) is 37.0 Å². The molecule has 1 aromatic carbocycles. The van der Waals surface area contributed by atoms with E-state index in [0.717, 1.165) is 17.3 Å². The second-order valence-electron chi connectivity index (χ2n) is 4.75. The number of anilines is 1. The maximum atomic E-state index is 13.6. The Bertz CT molecular complexity index is 492. The fraction of sp³-hybridized carbons (Fsp3) is 0.462. The third-order valence-electron chi connectivity index (χ3n) is 3.51. The Hall–Kier alpha value is -0.740. The van der Waals surface area contributed by atoms with Gasteiger partial charge in [0.05, 0.1) is 11.7 Å². The number of rotatable bonds is 1. The van der Waals surface area contributed by atoms with Crippen LogP contribution in [0.4, 0.5) is 10.1 Å². The average Bonchev–Trinajstić information content (AvgIpc) is 2.81. The summed E-state index contributed by atoms with van der Waals surface area (Å²) in [6.07, 6.45) is 3.70. The van der Waals surface area contributed by atoms with Crippen LogP contribution in [0.3, 0.4) is 0 Å². The highest BCUT2D eigenvalue weighted by Crippen LogP contribution is 2.36. The standard InChI is InChI=1S/C13H14ClFN2S/c14-9-4-5-10(15)12(6-9)17-13-16-11-3-1-2-8(11)7-18-13/h4-6,8,11H,1-3,7H2,(H,16,17). The zero-order chi connectivity index (χ0) is 12.5. The first-order chi connectivity index (χ1) is 8.72. The van der Waals surface area contributed by atoms with Crippen LogP contribution in [0.15, 0.2) is 23.2 Å². The number of nitrogens with zero attached hydrogens (tertiary/aromatic N) is 1. The Morgan fingerprint density at radius 1 is 1.39 bits per heavy atom. The van der Waals surface area contributed by atoms with Crippen molar-refractivity contribution in [3.05, 3.63) is 29.0 Å². The molecule has 1 aliphatic carbocycles. The summed E-state index contributed by atoms with van der Waals surface area (Å²) in [6.45, 7) is 0. The number of aliphatic imine (C=N–C) groups is 1. The maximum absolute atomic E-state index is 13.6. The van der Waals surface area contributed by atoms with Crippen LogP contribution in [-0.4, -0.2) is 17.0 Å². The molecule has 1 aromatic rings. The van der Waals surface area contributed by atoms with E-state index in [2.05, 4.69) is 10.3 Å². The molecule has 2 unspecified atom stereocenters. The molecule has 0 radical (unpaired) electrons. The van der Waals surface area contributed by atoms with E-state index in [1.165, 1.54) is 18.9 Å². The quantitative estimate of drug-likeness (QED) is 0.837. The number of hydrogen-bond donors (Lipinski definition) is 1. The fourth-order valence-corrected chi connectivity index (χ4v) is 3.86. The summed E-state index contributed by atoms with van der Waals surface area (Å²) in [5.41, 5.74) is 0.408. The molecule has 1 N–H and O–H groups in total. The van der Waals surface area contributed by atoms with E-state index in [9.17, 15) is 4.39 Å². The molecule has 1 saturated carbocycles. The van der Waals surface area contributed by atoms with E-state index in [4.69, 9.17) is 11.6 Å². The van der Waals surface area contributed by atoms with E-state index in [-0.39, 0.29) is 5.82 Å². The molecule has 0 aromatic heterocycles. The van der Waals surface area contributed by atoms with Gasteiger partial charge in [-0.3, -0.25) is 4.99 Å². The van der Waals surface area contributed by atoms with Gasteiger partial charge in [-0.1, -0.05) is 29.8 Å². The molecule has 1 fully saturated rings. The van der Waals surface area contributed by atoms with Crippen LogP contribution in [0.1, 0.15) is 19.3 Å². The van der Waals surface area contributed by atoms with Crippen molar-refractivity contribution >= 4 is 34.2 Å². The Labute approximate surface area is 115 Å². The van der Waals surface area contributed by atoms with Crippen molar-refractivity contribution in [3.8, 4) is 0 Å². The van der Waals surface area contributed by atoms with Gasteiger partial charge in [0, 0.05) is 10.8 Å². The molecule has 2 nitrogen and oxygen atoms in total. The third kappa shape index (κ3) is 2.50. The van der Waals surface area contributed by atoms with Crippen molar-refractivity contribution in [2.45, 2.75) is 25.3 Å². The van der Waals surface area contributed by atoms with Crippen LogP contribution >= 0.6 is 23.4 Å². The van der Waals surface area contributed by atoms with Crippen molar-refractivity contribution in [2.24, 2.45) is 10.9 Å². The molecule has 96 valence electrons. The molecular weight excluding hydrogens is 271 g/mol. The van der Waals surface area contributed by atoms with Crippen LogP contribution in [0.25, 0.3) is 0 Å². The monoisotopic (exact) mass is 284 g/mol. The van der Waals surface area contributed by atoms with Crippen molar-refractivity contribution in [1.82, 2.24) is 0 Å². The summed E-state index contributed by atoms with van der Waals surface area (Å²) in [5.74, 6) is 1.50. The lowest BCUT2D eigenvalue weighted by Gasteiger charge is -2.23. The number of hydrogen-bond acceptors (Lipinski definition) is 3. The Morgan fingerprint density at radius 3 is 3.17 bits per heavy atom. The second kappa shape index (κ2) is 5.10. The summed E-state index contributed by atoms with van der Waals surface area (Å²) in [5, 5.41) is 4.40. The summed E-state index contributed by atoms with van der Waals surface area (Å²) in [7, 11) is 0. The number of halogens is 2. The predicted molar refractivity (Wildman–Crippen MR) is 76.1 cm³/mol. The Balaban J connectivity index is 1.78. The highest BCUT2D eigenvalue weighted by molar-refractivity contribution is 8.14. The Kier molecular flexibility index (Phi) is 3.48. The molecule has 0 spiro atoms. The lowest BCUT2D eigenvalue weighted by molar-refractivity contribution is 0.535. The van der Waals surface area contributed by atoms with E-state index in [0.29, 0.717) is 22.7 Å². The minimum atomic E-state index is -0.295. The molecular formula is C13H14ClFN2S. The smallest absolute Gasteiger partial charge is 0.161 e. The SMILES string of the molecule is Fc1ccc(Cl)cc1NC1=NC2CCCC2CS1. The van der Waals surface area contributed by atoms with Gasteiger partial charge in [0.1, 0.15) is 5.82 Å². The highest BCUT2D eigenvalue weighted by atomic mass is 35.5. The van der Waals surface area contributed by atoms with Crippen molar-refractivity contribution < 1.29 is 4.39 Å². The molecule has 0 bridgehead atoms. The lowest BCUT2D eigenvalue weighted by atomic mass is 10.1. The van der Waals surface area contributed by atoms with Gasteiger partial charge < -0.3 is 5.32 Å². The molecule has 1 heterocycles. The van der Waals surface area contributed by atoms with Gasteiger partial charge in [-0.15, -0.1) is 0 Å². The average molecular weight is 285 g/mol. The van der Waals surface area contributed by atoms with Crippen molar-refractivity contribution in [2.75, 3.05) is 11.1 Å². The topological polar surface area (TPSA) is 24.4 Å². The molecule has 2 atom stereocenters. The summed E-state index contributed by atoms with van der Waals surface area (Å²) < 4.78 is 13.6. The van der Waals surface area contributed by atoms with Gasteiger partial charge in [-0.2, -0.15) is 0 Å². The van der Waals surface area contributed by atoms with Crippen LogP contribution < -0.4 is 5.32 Å². The minimum Gasteiger partial charge on any atom is -0.333 e. The Morgan fingerprint density at radius 2 is 2.28 bits per heavy atom. The molecule has 2 aliphatic rings. The predicted octanol–water partition coefficient (Wildman–Crippen LogP) is 4.16. The number of nitrogens with one attached hydrogen (secondary N) is 1. The van der Waals surface area contributed by atoms with Gasteiger partial charge in [0.25, 0.3) is 0 Å². The number of amidine groups is 1. The normalized spacial score (nSPS) is 26.7. The lowest BCUT2D eigenvalue weighted by Crippen LogP contribution is -2.25. The van der Waals surface area contributed by atoms with Gasteiger partial charge in [-0.25, -0.2) is 4.39 Å². The van der Waals surface area contributed by atoms with Crippen molar-refractivity contribution in [3.63, 3.8) is 0 Å². The zero-order valence-corrected chi connectivity index (χ0v) is 11.4. The second-order valence-corrected chi connectivity index (χ2v) is 6.20. The summed E-state index contributed by atoms with van der Waals surface area (Å²) in [6, 6.07) is 4.94. The number of fused-ring (bicyclic) bond motifs is 1. The largest absolute Gasteiger partial charge is 0.333 e. The van der Waals surface area contributed by atoms with E-state index in [1.807, 2.05) is 0 Å². The van der Waals surface area contributed by atoms with Crippen LogP contribution in [0.5, 0.6) is 0 Å². The summed E-state index contributed by atoms with van der Waals surface area (Å²) >= 11 is 7.55. The summed E-state index contributed by atoms with van der Waals surface area (Å²) in [4.78, 5) is 4.67. The van der Waals surface area contributed by atoms with E-state index >= 15 is 0 Å². The maximum Gasteiger partial charge on any atom is 0.161 e. The van der Waals surface area contributed by atoms with Crippen LogP contribution in [0, 0.1) is 11.7 Å². The molecule has 3 rings (SSSR count). The highest BCUT2D eigenvalue weighted by Gasteiger charge is 2.31. The third-order valence-corrected chi connectivity index (χ3v) is 4.82. The molecule has 18 heavy (non-hydrogen) atoms. The molecule has 1 aliphatic heterocycles. The first-order valence-corrected chi connectivity index (χ1v) is 7.51. The first kappa shape index (κ1) is 12.3. The molecule has 0 saturated heterocycles. The van der Waals surface area contributed by atoms with Crippen molar-refractivity contribution in [1.29, 1.82) is 0 Å². The molecule has 5 heteroatoms. The van der Waals surface area contributed by atoms with E-state index in [1.54, 1.807) is 23.9 Å². The van der Waals surface area contributed by atoms with Crippen LogP contribution in [-0.2, 0) is 0 Å². The number of thioether (sulfide) groups is 1. The zero-order valence-electron chi connectivity index (χ0n) is 9.83.